The van der Waals surface area contributed by atoms with Gasteiger partial charge in [-0.05, 0) is 44.9 Å². The van der Waals surface area contributed by atoms with Gasteiger partial charge in [0.2, 0.25) is 0 Å². The van der Waals surface area contributed by atoms with E-state index in [1.54, 1.807) is 0 Å². The van der Waals surface area contributed by atoms with Gasteiger partial charge < -0.3 is 8.97 Å². The zero-order chi connectivity index (χ0) is 12.3. The van der Waals surface area contributed by atoms with Crippen LogP contribution in [0.3, 0.4) is 0 Å². The van der Waals surface area contributed by atoms with Crippen molar-refractivity contribution >= 4 is 0 Å². The number of nitrogens with zero attached hydrogens (tertiary/aromatic N) is 2. The fourth-order valence-electron chi connectivity index (χ4n) is 4.83. The molecule has 0 aromatic carbocycles. The van der Waals surface area contributed by atoms with Gasteiger partial charge in [0.25, 0.3) is 0 Å². The molecule has 2 nitrogen and oxygen atoms in total. The van der Waals surface area contributed by atoms with Gasteiger partial charge in [-0.1, -0.05) is 0 Å². The number of piperidine rings is 1. The van der Waals surface area contributed by atoms with E-state index in [9.17, 15) is 0 Å². The molecule has 0 N–H and O–H groups in total. The standard InChI is InChI=1S/C16H32N2/c1-2-5-10-17(9-4-1)13-8-14-18(16-15-17)11-6-3-7-12-18/h1-16H2/q+2. The van der Waals surface area contributed by atoms with Gasteiger partial charge in [0.05, 0.1) is 39.3 Å². The van der Waals surface area contributed by atoms with Crippen LogP contribution in [0.4, 0.5) is 0 Å². The Labute approximate surface area is 113 Å². The van der Waals surface area contributed by atoms with Crippen molar-refractivity contribution in [2.45, 2.75) is 51.4 Å². The van der Waals surface area contributed by atoms with Crippen LogP contribution in [0.25, 0.3) is 0 Å². The van der Waals surface area contributed by atoms with Crippen molar-refractivity contribution in [2.75, 3.05) is 52.4 Å². The largest absolute Gasteiger partial charge is 0.319 e. The molecule has 0 aromatic heterocycles. The fraction of sp³-hybridized carbons (Fsp3) is 1.00. The lowest BCUT2D eigenvalue weighted by molar-refractivity contribution is -0.965. The Hall–Kier alpha value is -0.0800. The summed E-state index contributed by atoms with van der Waals surface area (Å²) < 4.78 is 3.00. The van der Waals surface area contributed by atoms with Crippen LogP contribution in [0.1, 0.15) is 51.4 Å². The van der Waals surface area contributed by atoms with Crippen molar-refractivity contribution in [3.8, 4) is 0 Å². The number of hydrogen-bond acceptors (Lipinski definition) is 0. The SMILES string of the molecule is C1CCC[N+]2(CC1)CCC[N+]1(CCCCC1)CC2. The first-order valence-corrected chi connectivity index (χ1v) is 8.53. The number of rotatable bonds is 0. The van der Waals surface area contributed by atoms with Gasteiger partial charge in [0.15, 0.2) is 0 Å². The van der Waals surface area contributed by atoms with Crippen molar-refractivity contribution < 1.29 is 8.97 Å². The predicted octanol–water partition coefficient (Wildman–Crippen LogP) is 2.78. The average molecular weight is 252 g/mol. The molecule has 3 fully saturated rings. The van der Waals surface area contributed by atoms with Gasteiger partial charge in [-0.25, -0.2) is 0 Å². The Bertz CT molecular complexity index is 260. The minimum Gasteiger partial charge on any atom is -0.319 e. The Morgan fingerprint density at radius 3 is 1.06 bits per heavy atom. The zero-order valence-corrected chi connectivity index (χ0v) is 12.2. The molecular formula is C16H32N2+2. The third-order valence-corrected chi connectivity index (χ3v) is 6.09. The second-order valence-electron chi connectivity index (χ2n) is 7.30. The lowest BCUT2D eigenvalue weighted by Gasteiger charge is -2.41. The second kappa shape index (κ2) is 5.50. The second-order valence-corrected chi connectivity index (χ2v) is 7.30. The van der Waals surface area contributed by atoms with Crippen molar-refractivity contribution in [3.63, 3.8) is 0 Å². The van der Waals surface area contributed by atoms with Gasteiger partial charge in [0.1, 0.15) is 13.1 Å². The highest BCUT2D eigenvalue weighted by Gasteiger charge is 2.39. The minimum absolute atomic E-state index is 1.50. The highest BCUT2D eigenvalue weighted by molar-refractivity contribution is 4.61. The third kappa shape index (κ3) is 2.75. The van der Waals surface area contributed by atoms with E-state index in [2.05, 4.69) is 0 Å². The third-order valence-electron chi connectivity index (χ3n) is 6.09. The summed E-state index contributed by atoms with van der Waals surface area (Å²) in [6, 6.07) is 0. The lowest BCUT2D eigenvalue weighted by Crippen LogP contribution is -2.56. The van der Waals surface area contributed by atoms with Gasteiger partial charge in [-0.15, -0.1) is 0 Å². The van der Waals surface area contributed by atoms with Gasteiger partial charge in [-0.2, -0.15) is 0 Å². The summed E-state index contributed by atoms with van der Waals surface area (Å²) in [4.78, 5) is 0. The molecule has 0 aliphatic carbocycles. The molecule has 0 atom stereocenters. The van der Waals surface area contributed by atoms with E-state index in [0.717, 1.165) is 0 Å². The van der Waals surface area contributed by atoms with Crippen molar-refractivity contribution in [2.24, 2.45) is 0 Å². The van der Waals surface area contributed by atoms with E-state index >= 15 is 0 Å². The molecule has 3 saturated heterocycles. The van der Waals surface area contributed by atoms with Crippen LogP contribution >= 0.6 is 0 Å². The van der Waals surface area contributed by atoms with Gasteiger partial charge in [-0.3, -0.25) is 0 Å². The molecule has 18 heavy (non-hydrogen) atoms. The predicted molar refractivity (Wildman–Crippen MR) is 76.4 cm³/mol. The number of quaternary nitrogens is 2. The number of hydrogen-bond donors (Lipinski definition) is 0. The van der Waals surface area contributed by atoms with Crippen LogP contribution in [0.5, 0.6) is 0 Å². The van der Waals surface area contributed by atoms with Crippen LogP contribution in [0, 0.1) is 0 Å². The van der Waals surface area contributed by atoms with E-state index < -0.39 is 0 Å². The molecule has 0 amide bonds. The quantitative estimate of drug-likeness (QED) is 0.582. The summed E-state index contributed by atoms with van der Waals surface area (Å²) in [7, 11) is 0. The monoisotopic (exact) mass is 252 g/mol. The molecule has 3 heterocycles. The Morgan fingerprint density at radius 1 is 0.278 bits per heavy atom. The highest BCUT2D eigenvalue weighted by Crippen LogP contribution is 2.27. The average Bonchev–Trinajstić information content (AvgIpc) is 2.72. The summed E-state index contributed by atoms with van der Waals surface area (Å²) in [5.74, 6) is 0. The summed E-state index contributed by atoms with van der Waals surface area (Å²) in [5, 5.41) is 0. The van der Waals surface area contributed by atoms with E-state index in [0.29, 0.717) is 0 Å². The van der Waals surface area contributed by atoms with Crippen LogP contribution < -0.4 is 0 Å². The van der Waals surface area contributed by atoms with Crippen molar-refractivity contribution in [1.82, 2.24) is 0 Å². The van der Waals surface area contributed by atoms with Crippen molar-refractivity contribution in [3.05, 3.63) is 0 Å². The summed E-state index contributed by atoms with van der Waals surface area (Å²) in [6.07, 6.45) is 12.0. The molecule has 3 rings (SSSR count). The van der Waals surface area contributed by atoms with E-state index in [1.165, 1.54) is 113 Å². The maximum atomic E-state index is 1.50. The first-order valence-electron chi connectivity index (χ1n) is 8.53. The smallest absolute Gasteiger partial charge is 0.129 e. The molecule has 2 heteroatoms. The van der Waals surface area contributed by atoms with E-state index in [-0.39, 0.29) is 0 Å². The van der Waals surface area contributed by atoms with Gasteiger partial charge >= 0.3 is 0 Å². The molecule has 0 unspecified atom stereocenters. The Balaban J connectivity index is 1.66. The molecule has 0 aromatic rings. The Morgan fingerprint density at radius 2 is 0.611 bits per heavy atom. The summed E-state index contributed by atoms with van der Waals surface area (Å²) in [6.45, 7) is 12.0. The minimum atomic E-state index is 1.50. The first kappa shape index (κ1) is 12.9. The molecule has 3 aliphatic heterocycles. The normalized spacial score (nSPS) is 32.0. The molecule has 0 saturated carbocycles. The van der Waals surface area contributed by atoms with E-state index in [1.807, 2.05) is 0 Å². The maximum Gasteiger partial charge on any atom is 0.129 e. The summed E-state index contributed by atoms with van der Waals surface area (Å²) in [5.41, 5.74) is 0. The maximum absolute atomic E-state index is 1.50. The molecular weight excluding hydrogens is 220 g/mol. The topological polar surface area (TPSA) is 0 Å². The molecule has 3 aliphatic rings. The summed E-state index contributed by atoms with van der Waals surface area (Å²) >= 11 is 0. The molecule has 2 spiro atoms. The molecule has 0 bridgehead atoms. The van der Waals surface area contributed by atoms with Crippen molar-refractivity contribution in [1.29, 1.82) is 0 Å². The first-order chi connectivity index (χ1) is 8.83. The van der Waals surface area contributed by atoms with Crippen LogP contribution in [-0.4, -0.2) is 61.3 Å². The highest BCUT2D eigenvalue weighted by atomic mass is 15.4. The van der Waals surface area contributed by atoms with Crippen LogP contribution in [-0.2, 0) is 0 Å². The van der Waals surface area contributed by atoms with E-state index in [4.69, 9.17) is 0 Å². The van der Waals surface area contributed by atoms with Crippen LogP contribution in [0.2, 0.25) is 0 Å². The fourth-order valence-corrected chi connectivity index (χ4v) is 4.83. The zero-order valence-electron chi connectivity index (χ0n) is 12.2. The Kier molecular flexibility index (Phi) is 3.95. The lowest BCUT2D eigenvalue weighted by atomic mass is 10.1. The van der Waals surface area contributed by atoms with Crippen LogP contribution in [0.15, 0.2) is 0 Å². The van der Waals surface area contributed by atoms with Gasteiger partial charge in [0, 0.05) is 6.42 Å². The molecule has 104 valence electrons. The molecule has 0 radical (unpaired) electrons.